The van der Waals surface area contributed by atoms with Crippen LogP contribution >= 0.6 is 0 Å². The van der Waals surface area contributed by atoms with Crippen LogP contribution < -0.4 is 5.32 Å². The van der Waals surface area contributed by atoms with Gasteiger partial charge in [0.25, 0.3) is 0 Å². The molecule has 0 aliphatic rings. The Balaban J connectivity index is 3.17. The topological polar surface area (TPSA) is 47.5 Å². The molecule has 3 nitrogen and oxygen atoms in total. The molecule has 0 spiro atoms. The van der Waals surface area contributed by atoms with Crippen molar-refractivity contribution in [1.82, 2.24) is 5.32 Å². The van der Waals surface area contributed by atoms with Crippen molar-refractivity contribution in [2.75, 3.05) is 12.8 Å². The zero-order valence-corrected chi connectivity index (χ0v) is 12.3. The first-order valence-corrected chi connectivity index (χ1v) is 7.15. The summed E-state index contributed by atoms with van der Waals surface area (Å²) in [6, 6.07) is 3.43. The number of benzene rings is 1. The summed E-state index contributed by atoms with van der Waals surface area (Å²) in [6.45, 7) is 1.42. The molecule has 1 unspecified atom stereocenters. The summed E-state index contributed by atoms with van der Waals surface area (Å²) >= 11 is -2.41. The standard InChI is InChI=1S/C12H12F6N2OS/c1-7-3-4-8(20-10(19-2)12(16,17)18)5-9(7)22(21)6-11(13,14)15/h3-5H,6H2,1-2H3,(H,19,20). The van der Waals surface area contributed by atoms with Crippen molar-refractivity contribution < 1.29 is 30.9 Å². The molecule has 0 fully saturated rings. The SMILES string of the molecule is CN/C(=N/c1ccc(C)c([S+]([O-])CC(F)(F)F)c1)C(F)(F)F. The van der Waals surface area contributed by atoms with Gasteiger partial charge in [0.05, 0.1) is 5.69 Å². The van der Waals surface area contributed by atoms with Gasteiger partial charge in [0.1, 0.15) is 0 Å². The molecule has 1 atom stereocenters. The molecule has 0 bridgehead atoms. The monoisotopic (exact) mass is 346 g/mol. The highest BCUT2D eigenvalue weighted by molar-refractivity contribution is 7.91. The van der Waals surface area contributed by atoms with Crippen LogP contribution in [0, 0.1) is 6.92 Å². The second kappa shape index (κ2) is 6.78. The van der Waals surface area contributed by atoms with Crippen molar-refractivity contribution in [3.8, 4) is 0 Å². The van der Waals surface area contributed by atoms with Gasteiger partial charge in [-0.15, -0.1) is 0 Å². The third-order valence-corrected chi connectivity index (χ3v) is 3.98. The van der Waals surface area contributed by atoms with E-state index in [-0.39, 0.29) is 16.1 Å². The first-order valence-electron chi connectivity index (χ1n) is 5.83. The number of aliphatic imine (C=N–C) groups is 1. The van der Waals surface area contributed by atoms with Gasteiger partial charge in [0, 0.05) is 18.7 Å². The fourth-order valence-corrected chi connectivity index (χ4v) is 2.65. The van der Waals surface area contributed by atoms with E-state index in [9.17, 15) is 30.9 Å². The van der Waals surface area contributed by atoms with E-state index in [1.165, 1.54) is 19.1 Å². The molecule has 124 valence electrons. The molecule has 0 saturated heterocycles. The van der Waals surface area contributed by atoms with E-state index in [4.69, 9.17) is 0 Å². The fourth-order valence-electron chi connectivity index (χ4n) is 1.52. The summed E-state index contributed by atoms with van der Waals surface area (Å²) in [5.41, 5.74) is 0.0392. The summed E-state index contributed by atoms with van der Waals surface area (Å²) in [5, 5.41) is 1.86. The summed E-state index contributed by atoms with van der Waals surface area (Å²) in [6.07, 6.45) is -9.37. The maximum atomic E-state index is 12.6. The lowest BCUT2D eigenvalue weighted by atomic mass is 10.2. The van der Waals surface area contributed by atoms with Crippen LogP contribution in [0.25, 0.3) is 0 Å². The number of rotatable bonds is 3. The number of alkyl halides is 6. The molecular weight excluding hydrogens is 334 g/mol. The van der Waals surface area contributed by atoms with Gasteiger partial charge < -0.3 is 9.87 Å². The van der Waals surface area contributed by atoms with Gasteiger partial charge in [-0.1, -0.05) is 6.07 Å². The van der Waals surface area contributed by atoms with Crippen LogP contribution in [-0.2, 0) is 11.2 Å². The van der Waals surface area contributed by atoms with E-state index in [0.29, 0.717) is 0 Å². The minimum Gasteiger partial charge on any atom is -0.611 e. The molecule has 1 aromatic carbocycles. The van der Waals surface area contributed by atoms with Gasteiger partial charge in [-0.2, -0.15) is 26.3 Å². The highest BCUT2D eigenvalue weighted by Gasteiger charge is 2.37. The van der Waals surface area contributed by atoms with Crippen LogP contribution in [0.4, 0.5) is 32.0 Å². The van der Waals surface area contributed by atoms with Crippen LogP contribution in [0.15, 0.2) is 28.1 Å². The Morgan fingerprint density at radius 2 is 1.82 bits per heavy atom. The number of nitrogens with zero attached hydrogens (tertiary/aromatic N) is 1. The highest BCUT2D eigenvalue weighted by Crippen LogP contribution is 2.28. The summed E-state index contributed by atoms with van der Waals surface area (Å²) in [4.78, 5) is 3.10. The third-order valence-electron chi connectivity index (χ3n) is 2.46. The molecule has 1 rings (SSSR count). The number of aryl methyl sites for hydroxylation is 1. The van der Waals surface area contributed by atoms with Crippen molar-refractivity contribution in [3.63, 3.8) is 0 Å². The smallest absolute Gasteiger partial charge is 0.449 e. The first-order chi connectivity index (χ1) is 9.94. The van der Waals surface area contributed by atoms with Crippen LogP contribution in [0.3, 0.4) is 0 Å². The van der Waals surface area contributed by atoms with Crippen LogP contribution in [0.5, 0.6) is 0 Å². The molecule has 0 heterocycles. The summed E-state index contributed by atoms with van der Waals surface area (Å²) in [5.74, 6) is -2.87. The first kappa shape index (κ1) is 18.6. The van der Waals surface area contributed by atoms with E-state index in [1.54, 1.807) is 0 Å². The third kappa shape index (κ3) is 5.41. The Kier molecular flexibility index (Phi) is 5.74. The Bertz CT molecular complexity index is 556. The molecule has 0 radical (unpaired) electrons. The minimum absolute atomic E-state index is 0.198. The molecule has 0 saturated carbocycles. The molecule has 0 aliphatic carbocycles. The highest BCUT2D eigenvalue weighted by atomic mass is 32.2. The van der Waals surface area contributed by atoms with E-state index in [1.807, 2.05) is 5.32 Å². The lowest BCUT2D eigenvalue weighted by Crippen LogP contribution is -2.34. The molecule has 10 heteroatoms. The Labute approximate surface area is 125 Å². The van der Waals surface area contributed by atoms with E-state index in [2.05, 4.69) is 4.99 Å². The van der Waals surface area contributed by atoms with Gasteiger partial charge in [0.15, 0.2) is 4.90 Å². The summed E-state index contributed by atoms with van der Waals surface area (Å²) in [7, 11) is 1.02. The predicted octanol–water partition coefficient (Wildman–Crippen LogP) is 3.48. The lowest BCUT2D eigenvalue weighted by molar-refractivity contribution is -0.106. The van der Waals surface area contributed by atoms with E-state index >= 15 is 0 Å². The molecule has 0 amide bonds. The lowest BCUT2D eigenvalue weighted by Gasteiger charge is -2.15. The average molecular weight is 346 g/mol. The van der Waals surface area contributed by atoms with Gasteiger partial charge in [-0.05, 0) is 24.2 Å². The second-order valence-corrected chi connectivity index (χ2v) is 5.68. The number of amidine groups is 1. The zero-order valence-electron chi connectivity index (χ0n) is 11.5. The molecule has 22 heavy (non-hydrogen) atoms. The second-order valence-electron chi connectivity index (χ2n) is 4.26. The van der Waals surface area contributed by atoms with Crippen LogP contribution in [-0.4, -0.2) is 35.5 Å². The number of hydrogen-bond donors (Lipinski definition) is 1. The van der Waals surface area contributed by atoms with Gasteiger partial charge in [0.2, 0.25) is 11.6 Å². The van der Waals surface area contributed by atoms with Crippen molar-refractivity contribution in [3.05, 3.63) is 23.8 Å². The van der Waals surface area contributed by atoms with Gasteiger partial charge in [-0.25, -0.2) is 4.99 Å². The minimum atomic E-state index is -4.73. The quantitative estimate of drug-likeness (QED) is 0.394. The van der Waals surface area contributed by atoms with Crippen LogP contribution in [0.1, 0.15) is 5.56 Å². The molecule has 0 aliphatic heterocycles. The fraction of sp³-hybridized carbons (Fsp3) is 0.417. The Morgan fingerprint density at radius 3 is 2.27 bits per heavy atom. The van der Waals surface area contributed by atoms with E-state index < -0.39 is 35.1 Å². The number of nitrogens with one attached hydrogen (secondary N) is 1. The van der Waals surface area contributed by atoms with Gasteiger partial charge >= 0.3 is 12.4 Å². The maximum Gasteiger partial charge on any atom is 0.449 e. The van der Waals surface area contributed by atoms with Crippen molar-refractivity contribution in [2.45, 2.75) is 24.2 Å². The van der Waals surface area contributed by atoms with Crippen LogP contribution in [0.2, 0.25) is 0 Å². The maximum absolute atomic E-state index is 12.6. The van der Waals surface area contributed by atoms with Crippen molar-refractivity contribution >= 4 is 22.7 Å². The average Bonchev–Trinajstić information content (AvgIpc) is 2.33. The van der Waals surface area contributed by atoms with Gasteiger partial charge in [-0.3, -0.25) is 0 Å². The molecular formula is C12H12F6N2OS. The predicted molar refractivity (Wildman–Crippen MR) is 70.7 cm³/mol. The van der Waals surface area contributed by atoms with Crippen molar-refractivity contribution in [2.24, 2.45) is 4.99 Å². The Morgan fingerprint density at radius 1 is 1.23 bits per heavy atom. The van der Waals surface area contributed by atoms with Crippen molar-refractivity contribution in [1.29, 1.82) is 0 Å². The molecule has 1 N–H and O–H groups in total. The normalized spacial score (nSPS) is 14.9. The molecule has 0 aromatic heterocycles. The largest absolute Gasteiger partial charge is 0.611 e. The van der Waals surface area contributed by atoms with E-state index in [0.717, 1.165) is 13.1 Å². The summed E-state index contributed by atoms with van der Waals surface area (Å²) < 4.78 is 86.2. The number of hydrogen-bond acceptors (Lipinski definition) is 2. The Hall–Kier alpha value is -1.42. The molecule has 1 aromatic rings. The zero-order chi connectivity index (χ0) is 17.1. The number of halogens is 6.